The number of ether oxygens (including phenoxy) is 2. The standard InChI is InChI=1S/C12H19NO3/c1-5-9-6-7-15-8-10(9)13-11(14)16-12(2,3)4/h1,9-10H,6-8H2,2-4H3,(H,13,14). The summed E-state index contributed by atoms with van der Waals surface area (Å²) >= 11 is 0. The Kier molecular flexibility index (Phi) is 4.19. The minimum atomic E-state index is -0.495. The van der Waals surface area contributed by atoms with Crippen LogP contribution in [0.15, 0.2) is 0 Å². The molecule has 90 valence electrons. The van der Waals surface area contributed by atoms with E-state index < -0.39 is 11.7 Å². The second-order valence-corrected chi connectivity index (χ2v) is 4.89. The molecule has 0 aromatic rings. The van der Waals surface area contributed by atoms with Crippen LogP contribution in [0.2, 0.25) is 0 Å². The van der Waals surface area contributed by atoms with Gasteiger partial charge >= 0.3 is 6.09 Å². The van der Waals surface area contributed by atoms with E-state index >= 15 is 0 Å². The Labute approximate surface area is 96.7 Å². The van der Waals surface area contributed by atoms with E-state index in [0.29, 0.717) is 13.2 Å². The molecule has 1 aliphatic rings. The molecule has 4 nitrogen and oxygen atoms in total. The van der Waals surface area contributed by atoms with Crippen molar-refractivity contribution in [3.05, 3.63) is 0 Å². The molecule has 16 heavy (non-hydrogen) atoms. The lowest BCUT2D eigenvalue weighted by molar-refractivity contribution is 0.0264. The topological polar surface area (TPSA) is 47.6 Å². The van der Waals surface area contributed by atoms with Gasteiger partial charge in [-0.3, -0.25) is 0 Å². The minimum absolute atomic E-state index is 0.0290. The van der Waals surface area contributed by atoms with Gasteiger partial charge in [0.25, 0.3) is 0 Å². The number of hydrogen-bond acceptors (Lipinski definition) is 3. The van der Waals surface area contributed by atoms with Crippen LogP contribution in [0.5, 0.6) is 0 Å². The second-order valence-electron chi connectivity index (χ2n) is 4.89. The number of hydrogen-bond donors (Lipinski definition) is 1. The van der Waals surface area contributed by atoms with Crippen LogP contribution in [0.4, 0.5) is 4.79 Å². The van der Waals surface area contributed by atoms with Gasteiger partial charge in [-0.15, -0.1) is 12.3 Å². The number of nitrogens with one attached hydrogen (secondary N) is 1. The first kappa shape index (κ1) is 12.9. The molecule has 0 radical (unpaired) electrons. The minimum Gasteiger partial charge on any atom is -0.444 e. The zero-order valence-electron chi connectivity index (χ0n) is 10.1. The lowest BCUT2D eigenvalue weighted by Gasteiger charge is -2.29. The highest BCUT2D eigenvalue weighted by molar-refractivity contribution is 5.68. The number of amides is 1. The van der Waals surface area contributed by atoms with E-state index in [1.165, 1.54) is 0 Å². The average Bonchev–Trinajstić information content (AvgIpc) is 2.15. The van der Waals surface area contributed by atoms with Gasteiger partial charge in [-0.05, 0) is 27.2 Å². The van der Waals surface area contributed by atoms with E-state index in [4.69, 9.17) is 15.9 Å². The van der Waals surface area contributed by atoms with Crippen molar-refractivity contribution in [2.24, 2.45) is 5.92 Å². The van der Waals surface area contributed by atoms with Gasteiger partial charge in [-0.2, -0.15) is 0 Å². The van der Waals surface area contributed by atoms with Crippen molar-refractivity contribution in [3.8, 4) is 12.3 Å². The van der Waals surface area contributed by atoms with Crippen LogP contribution >= 0.6 is 0 Å². The molecular formula is C12H19NO3. The van der Waals surface area contributed by atoms with E-state index in [1.54, 1.807) is 0 Å². The van der Waals surface area contributed by atoms with Gasteiger partial charge in [0, 0.05) is 12.5 Å². The van der Waals surface area contributed by atoms with E-state index in [2.05, 4.69) is 11.2 Å². The molecule has 0 aromatic heterocycles. The third-order valence-electron chi connectivity index (χ3n) is 2.27. The Morgan fingerprint density at radius 1 is 1.56 bits per heavy atom. The van der Waals surface area contributed by atoms with Gasteiger partial charge in [-0.25, -0.2) is 4.79 Å². The lowest BCUT2D eigenvalue weighted by Crippen LogP contribution is -2.47. The van der Waals surface area contributed by atoms with Crippen molar-refractivity contribution in [3.63, 3.8) is 0 Å². The smallest absolute Gasteiger partial charge is 0.407 e. The van der Waals surface area contributed by atoms with E-state index in [9.17, 15) is 4.79 Å². The average molecular weight is 225 g/mol. The zero-order valence-corrected chi connectivity index (χ0v) is 10.1. The maximum absolute atomic E-state index is 11.5. The molecule has 0 bridgehead atoms. The van der Waals surface area contributed by atoms with Gasteiger partial charge in [0.15, 0.2) is 0 Å². The number of alkyl carbamates (subject to hydrolysis) is 1. The summed E-state index contributed by atoms with van der Waals surface area (Å²) in [6, 6.07) is -0.145. The number of terminal acetylenes is 1. The maximum atomic E-state index is 11.5. The fourth-order valence-electron chi connectivity index (χ4n) is 1.54. The second kappa shape index (κ2) is 5.22. The molecule has 4 heteroatoms. The van der Waals surface area contributed by atoms with Crippen LogP contribution in [0.1, 0.15) is 27.2 Å². The summed E-state index contributed by atoms with van der Waals surface area (Å²) in [5.41, 5.74) is -0.495. The zero-order chi connectivity index (χ0) is 12.2. The fourth-order valence-corrected chi connectivity index (χ4v) is 1.54. The number of carbonyl (C=O) groups excluding carboxylic acids is 1. The van der Waals surface area contributed by atoms with Gasteiger partial charge in [0.05, 0.1) is 12.6 Å². The molecule has 0 aromatic carbocycles. The summed E-state index contributed by atoms with van der Waals surface area (Å²) < 4.78 is 10.4. The van der Waals surface area contributed by atoms with E-state index in [0.717, 1.165) is 6.42 Å². The van der Waals surface area contributed by atoms with Crippen LogP contribution in [-0.4, -0.2) is 30.9 Å². The van der Waals surface area contributed by atoms with Crippen molar-refractivity contribution in [2.75, 3.05) is 13.2 Å². The summed E-state index contributed by atoms with van der Waals surface area (Å²) in [6.45, 7) is 6.57. The third-order valence-corrected chi connectivity index (χ3v) is 2.27. The van der Waals surface area contributed by atoms with Gasteiger partial charge in [0.1, 0.15) is 5.60 Å². The third kappa shape index (κ3) is 4.11. The largest absolute Gasteiger partial charge is 0.444 e. The van der Waals surface area contributed by atoms with E-state index in [1.807, 2.05) is 20.8 Å². The summed E-state index contributed by atoms with van der Waals surface area (Å²) in [7, 11) is 0. The van der Waals surface area contributed by atoms with Crippen molar-refractivity contribution in [1.29, 1.82) is 0 Å². The molecule has 0 aliphatic carbocycles. The molecule has 1 amide bonds. The molecule has 1 N–H and O–H groups in total. The Balaban J connectivity index is 2.46. The van der Waals surface area contributed by atoms with Crippen molar-refractivity contribution < 1.29 is 14.3 Å². The molecule has 2 atom stereocenters. The Bertz CT molecular complexity index is 288. The van der Waals surface area contributed by atoms with Gasteiger partial charge < -0.3 is 14.8 Å². The normalized spacial score (nSPS) is 25.6. The van der Waals surface area contributed by atoms with Crippen molar-refractivity contribution in [2.45, 2.75) is 38.8 Å². The van der Waals surface area contributed by atoms with Gasteiger partial charge in [-0.1, -0.05) is 0 Å². The number of carbonyl (C=O) groups is 1. The molecule has 2 unspecified atom stereocenters. The molecular weight excluding hydrogens is 206 g/mol. The summed E-state index contributed by atoms with van der Waals surface area (Å²) in [5.74, 6) is 2.70. The quantitative estimate of drug-likeness (QED) is 0.689. The summed E-state index contributed by atoms with van der Waals surface area (Å²) in [4.78, 5) is 11.5. The molecule has 1 heterocycles. The summed E-state index contributed by atoms with van der Waals surface area (Å²) in [6.07, 6.45) is 5.73. The molecule has 0 spiro atoms. The highest BCUT2D eigenvalue weighted by Crippen LogP contribution is 2.15. The first-order valence-corrected chi connectivity index (χ1v) is 5.46. The van der Waals surface area contributed by atoms with Crippen LogP contribution < -0.4 is 5.32 Å². The summed E-state index contributed by atoms with van der Waals surface area (Å²) in [5, 5.41) is 2.75. The van der Waals surface area contributed by atoms with Crippen LogP contribution in [0.25, 0.3) is 0 Å². The van der Waals surface area contributed by atoms with Gasteiger partial charge in [0.2, 0.25) is 0 Å². The lowest BCUT2D eigenvalue weighted by atomic mass is 9.96. The molecule has 1 fully saturated rings. The Hall–Kier alpha value is -1.21. The van der Waals surface area contributed by atoms with Crippen molar-refractivity contribution >= 4 is 6.09 Å². The highest BCUT2D eigenvalue weighted by atomic mass is 16.6. The fraction of sp³-hybridized carbons (Fsp3) is 0.750. The maximum Gasteiger partial charge on any atom is 0.407 e. The van der Waals surface area contributed by atoms with Crippen LogP contribution in [0, 0.1) is 18.3 Å². The SMILES string of the molecule is C#CC1CCOCC1NC(=O)OC(C)(C)C. The predicted molar refractivity (Wildman–Crippen MR) is 60.9 cm³/mol. The van der Waals surface area contributed by atoms with Crippen LogP contribution in [-0.2, 0) is 9.47 Å². The van der Waals surface area contributed by atoms with Crippen LogP contribution in [0.3, 0.4) is 0 Å². The Morgan fingerprint density at radius 3 is 2.81 bits per heavy atom. The Morgan fingerprint density at radius 2 is 2.25 bits per heavy atom. The van der Waals surface area contributed by atoms with Crippen molar-refractivity contribution in [1.82, 2.24) is 5.32 Å². The first-order valence-electron chi connectivity index (χ1n) is 5.46. The number of rotatable bonds is 1. The molecule has 1 aliphatic heterocycles. The monoisotopic (exact) mass is 225 g/mol. The predicted octanol–water partition coefficient (Wildman–Crippen LogP) is 1.55. The molecule has 0 saturated carbocycles. The highest BCUT2D eigenvalue weighted by Gasteiger charge is 2.27. The molecule has 1 rings (SSSR count). The first-order chi connectivity index (χ1) is 7.42. The molecule has 1 saturated heterocycles. The van der Waals surface area contributed by atoms with E-state index in [-0.39, 0.29) is 12.0 Å².